The van der Waals surface area contributed by atoms with E-state index in [1.807, 2.05) is 63.2 Å². The number of carbonyl (C=O) groups is 1. The number of fused-ring (bicyclic) bond motifs is 1. The highest BCUT2D eigenvalue weighted by Gasteiger charge is 2.28. The predicted molar refractivity (Wildman–Crippen MR) is 110 cm³/mol. The highest BCUT2D eigenvalue weighted by Crippen LogP contribution is 2.28. The van der Waals surface area contributed by atoms with Gasteiger partial charge in [0.15, 0.2) is 5.82 Å². The third-order valence-electron chi connectivity index (χ3n) is 4.69. The Bertz CT molecular complexity index is 1180. The molecule has 0 fully saturated rings. The molecule has 1 amide bonds. The number of aromatic nitrogens is 5. The summed E-state index contributed by atoms with van der Waals surface area (Å²) < 4.78 is 7.31. The molecule has 4 aromatic rings. The third kappa shape index (κ3) is 3.86. The van der Waals surface area contributed by atoms with Crippen molar-refractivity contribution in [3.63, 3.8) is 0 Å². The van der Waals surface area contributed by atoms with Crippen molar-refractivity contribution in [2.45, 2.75) is 39.4 Å². The van der Waals surface area contributed by atoms with Gasteiger partial charge in [0.05, 0.1) is 24.3 Å². The summed E-state index contributed by atoms with van der Waals surface area (Å²) in [6.07, 6.45) is 0.690. The fourth-order valence-electron chi connectivity index (χ4n) is 3.21. The molecule has 9 heteroatoms. The maximum atomic E-state index is 11.6. The van der Waals surface area contributed by atoms with Gasteiger partial charge in [0.1, 0.15) is 5.69 Å². The lowest BCUT2D eigenvalue weighted by Gasteiger charge is -2.31. The van der Waals surface area contributed by atoms with E-state index < -0.39 is 11.6 Å². The Morgan fingerprint density at radius 3 is 2.63 bits per heavy atom. The van der Waals surface area contributed by atoms with Crippen LogP contribution in [0.2, 0.25) is 0 Å². The van der Waals surface area contributed by atoms with Gasteiger partial charge in [0.2, 0.25) is 0 Å². The summed E-state index contributed by atoms with van der Waals surface area (Å²) in [5, 5.41) is 19.1. The average molecular weight is 406 g/mol. The van der Waals surface area contributed by atoms with Crippen LogP contribution in [0.3, 0.4) is 0 Å². The maximum absolute atomic E-state index is 11.6. The number of rotatable bonds is 5. The number of amides is 1. The SMILES string of the molecule is CC(C)(C)N(Cc1noc(-c2c3ccccc3nn2Cc2ccccn2)n1)C(=O)O. The van der Waals surface area contributed by atoms with E-state index in [-0.39, 0.29) is 18.3 Å². The lowest BCUT2D eigenvalue weighted by molar-refractivity contribution is 0.0932. The molecule has 3 heterocycles. The summed E-state index contributed by atoms with van der Waals surface area (Å²) in [5.41, 5.74) is 1.72. The van der Waals surface area contributed by atoms with Crippen molar-refractivity contribution in [2.24, 2.45) is 0 Å². The Morgan fingerprint density at radius 2 is 1.93 bits per heavy atom. The monoisotopic (exact) mass is 406 g/mol. The van der Waals surface area contributed by atoms with Crippen LogP contribution in [0.5, 0.6) is 0 Å². The van der Waals surface area contributed by atoms with Crippen molar-refractivity contribution in [3.8, 4) is 11.6 Å². The van der Waals surface area contributed by atoms with E-state index in [1.165, 1.54) is 4.90 Å². The van der Waals surface area contributed by atoms with E-state index >= 15 is 0 Å². The molecule has 0 aliphatic carbocycles. The molecule has 0 saturated carbocycles. The second-order valence-electron chi connectivity index (χ2n) is 7.90. The first-order valence-electron chi connectivity index (χ1n) is 9.52. The molecule has 0 radical (unpaired) electrons. The van der Waals surface area contributed by atoms with E-state index in [0.29, 0.717) is 12.2 Å². The van der Waals surface area contributed by atoms with E-state index in [0.717, 1.165) is 16.6 Å². The van der Waals surface area contributed by atoms with Gasteiger partial charge in [-0.3, -0.25) is 14.6 Å². The fourth-order valence-corrected chi connectivity index (χ4v) is 3.21. The summed E-state index contributed by atoms with van der Waals surface area (Å²) in [6.45, 7) is 5.91. The molecular weight excluding hydrogens is 384 g/mol. The number of carboxylic acid groups (broad SMARTS) is 1. The molecule has 1 N–H and O–H groups in total. The minimum Gasteiger partial charge on any atom is -0.465 e. The largest absolute Gasteiger partial charge is 0.465 e. The molecule has 4 rings (SSSR count). The summed E-state index contributed by atoms with van der Waals surface area (Å²) in [5.74, 6) is 0.575. The van der Waals surface area contributed by atoms with Gasteiger partial charge in [-0.25, -0.2) is 4.79 Å². The summed E-state index contributed by atoms with van der Waals surface area (Å²) >= 11 is 0. The molecule has 3 aromatic heterocycles. The van der Waals surface area contributed by atoms with Crippen LogP contribution in [0.1, 0.15) is 32.3 Å². The van der Waals surface area contributed by atoms with Crippen LogP contribution >= 0.6 is 0 Å². The fraction of sp³-hybridized carbons (Fsp3) is 0.286. The normalized spacial score (nSPS) is 11.7. The maximum Gasteiger partial charge on any atom is 0.408 e. The number of benzene rings is 1. The van der Waals surface area contributed by atoms with Crippen molar-refractivity contribution >= 4 is 17.0 Å². The van der Waals surface area contributed by atoms with Crippen molar-refractivity contribution in [1.82, 2.24) is 29.8 Å². The first-order valence-corrected chi connectivity index (χ1v) is 9.52. The first-order chi connectivity index (χ1) is 14.3. The molecule has 0 atom stereocenters. The first kappa shape index (κ1) is 19.6. The van der Waals surface area contributed by atoms with Crippen LogP contribution in [0, 0.1) is 0 Å². The van der Waals surface area contributed by atoms with E-state index in [4.69, 9.17) is 4.52 Å². The van der Waals surface area contributed by atoms with Crippen LogP contribution in [0.25, 0.3) is 22.5 Å². The van der Waals surface area contributed by atoms with Crippen molar-refractivity contribution in [1.29, 1.82) is 0 Å². The second-order valence-corrected chi connectivity index (χ2v) is 7.90. The van der Waals surface area contributed by atoms with Crippen molar-refractivity contribution < 1.29 is 14.4 Å². The smallest absolute Gasteiger partial charge is 0.408 e. The number of hydrogen-bond acceptors (Lipinski definition) is 6. The van der Waals surface area contributed by atoms with Crippen LogP contribution < -0.4 is 0 Å². The lowest BCUT2D eigenvalue weighted by atomic mass is 10.1. The minimum atomic E-state index is -1.04. The van der Waals surface area contributed by atoms with Gasteiger partial charge in [-0.05, 0) is 39.0 Å². The molecule has 154 valence electrons. The minimum absolute atomic E-state index is 0.0225. The highest BCUT2D eigenvalue weighted by molar-refractivity contribution is 5.91. The molecule has 9 nitrogen and oxygen atoms in total. The van der Waals surface area contributed by atoms with E-state index in [1.54, 1.807) is 10.9 Å². The van der Waals surface area contributed by atoms with Crippen LogP contribution in [-0.2, 0) is 13.1 Å². The molecular formula is C21H22N6O3. The van der Waals surface area contributed by atoms with E-state index in [9.17, 15) is 9.90 Å². The molecule has 30 heavy (non-hydrogen) atoms. The Balaban J connectivity index is 1.73. The molecule has 0 spiro atoms. The molecule has 0 aliphatic rings. The Morgan fingerprint density at radius 1 is 1.17 bits per heavy atom. The zero-order valence-electron chi connectivity index (χ0n) is 17.0. The standard InChI is InChI=1S/C21H22N6O3/c1-21(2,3)26(20(28)29)13-17-23-19(30-25-17)18-15-9-4-5-10-16(15)24-27(18)12-14-8-6-7-11-22-14/h4-11H,12-13H2,1-3H3,(H,28,29). The van der Waals surface area contributed by atoms with Gasteiger partial charge < -0.3 is 9.63 Å². The number of pyridine rings is 1. The van der Waals surface area contributed by atoms with Crippen molar-refractivity contribution in [3.05, 3.63) is 60.2 Å². The van der Waals surface area contributed by atoms with Crippen LogP contribution in [0.4, 0.5) is 4.79 Å². The summed E-state index contributed by atoms with van der Waals surface area (Å²) in [7, 11) is 0. The van der Waals surface area contributed by atoms with E-state index in [2.05, 4.69) is 20.2 Å². The Labute approximate surface area is 173 Å². The average Bonchev–Trinajstić information content (AvgIpc) is 3.29. The zero-order valence-corrected chi connectivity index (χ0v) is 17.0. The molecule has 1 aromatic carbocycles. The Hall–Kier alpha value is -3.75. The summed E-state index contributed by atoms with van der Waals surface area (Å²) in [6, 6.07) is 13.4. The zero-order chi connectivity index (χ0) is 21.3. The Kier molecular flexibility index (Phi) is 4.94. The summed E-state index contributed by atoms with van der Waals surface area (Å²) in [4.78, 5) is 21.8. The highest BCUT2D eigenvalue weighted by atomic mass is 16.5. The topological polar surface area (TPSA) is 110 Å². The van der Waals surface area contributed by atoms with Gasteiger partial charge >= 0.3 is 6.09 Å². The second kappa shape index (κ2) is 7.58. The molecule has 0 unspecified atom stereocenters. The lowest BCUT2D eigenvalue weighted by Crippen LogP contribution is -2.44. The molecule has 0 aliphatic heterocycles. The molecule has 0 bridgehead atoms. The van der Waals surface area contributed by atoms with Gasteiger partial charge in [-0.2, -0.15) is 10.1 Å². The van der Waals surface area contributed by atoms with Crippen LogP contribution in [0.15, 0.2) is 53.2 Å². The van der Waals surface area contributed by atoms with Gasteiger partial charge in [-0.1, -0.05) is 29.4 Å². The molecule has 0 saturated heterocycles. The van der Waals surface area contributed by atoms with Gasteiger partial charge in [0.25, 0.3) is 5.89 Å². The predicted octanol–water partition coefficient (Wildman–Crippen LogP) is 3.81. The number of hydrogen-bond donors (Lipinski definition) is 1. The van der Waals surface area contributed by atoms with Crippen molar-refractivity contribution in [2.75, 3.05) is 0 Å². The number of nitrogens with zero attached hydrogens (tertiary/aromatic N) is 6. The van der Waals surface area contributed by atoms with Gasteiger partial charge in [0, 0.05) is 17.1 Å². The van der Waals surface area contributed by atoms with Crippen LogP contribution in [-0.4, -0.2) is 46.5 Å². The third-order valence-corrected chi connectivity index (χ3v) is 4.69. The quantitative estimate of drug-likeness (QED) is 0.536. The van der Waals surface area contributed by atoms with Gasteiger partial charge in [-0.15, -0.1) is 0 Å².